The van der Waals surface area contributed by atoms with Crippen molar-refractivity contribution in [3.05, 3.63) is 29.3 Å². The lowest BCUT2D eigenvalue weighted by molar-refractivity contribution is 0.176. The van der Waals surface area contributed by atoms with Crippen LogP contribution in [0.4, 0.5) is 5.69 Å². The Balaban J connectivity index is 1.60. The van der Waals surface area contributed by atoms with Gasteiger partial charge in [-0.3, -0.25) is 0 Å². The highest BCUT2D eigenvalue weighted by atomic mass is 16.3. The molecule has 1 N–H and O–H groups in total. The van der Waals surface area contributed by atoms with Crippen LogP contribution in [0.3, 0.4) is 0 Å². The molecule has 0 aliphatic carbocycles. The molecule has 0 bridgehead atoms. The van der Waals surface area contributed by atoms with E-state index >= 15 is 0 Å². The molecule has 22 heavy (non-hydrogen) atoms. The van der Waals surface area contributed by atoms with Crippen LogP contribution < -0.4 is 4.90 Å². The number of fused-ring (bicyclic) bond motifs is 1. The maximum Gasteiger partial charge on any atom is 0.0679 e. The first kappa shape index (κ1) is 15.8. The van der Waals surface area contributed by atoms with Crippen molar-refractivity contribution in [2.75, 3.05) is 37.6 Å². The van der Waals surface area contributed by atoms with Crippen LogP contribution in [-0.4, -0.2) is 48.8 Å². The summed E-state index contributed by atoms with van der Waals surface area (Å²) < 4.78 is 0. The SMILES string of the molecule is CC(C)(C)c1cccc2c1CCN2CCCN1CCC(O)C1. The third-order valence-electron chi connectivity index (χ3n) is 5.08. The van der Waals surface area contributed by atoms with Gasteiger partial charge in [-0.05, 0) is 48.4 Å². The van der Waals surface area contributed by atoms with Crippen molar-refractivity contribution in [3.8, 4) is 0 Å². The van der Waals surface area contributed by atoms with E-state index < -0.39 is 0 Å². The van der Waals surface area contributed by atoms with Gasteiger partial charge in [0.1, 0.15) is 0 Å². The summed E-state index contributed by atoms with van der Waals surface area (Å²) in [5.41, 5.74) is 4.75. The summed E-state index contributed by atoms with van der Waals surface area (Å²) in [6.45, 7) is 12.3. The van der Waals surface area contributed by atoms with Crippen molar-refractivity contribution in [2.45, 2.75) is 51.6 Å². The van der Waals surface area contributed by atoms with Crippen molar-refractivity contribution >= 4 is 5.69 Å². The number of rotatable bonds is 4. The quantitative estimate of drug-likeness (QED) is 0.926. The second kappa shape index (κ2) is 6.21. The van der Waals surface area contributed by atoms with Gasteiger partial charge in [-0.2, -0.15) is 0 Å². The van der Waals surface area contributed by atoms with Gasteiger partial charge < -0.3 is 14.9 Å². The monoisotopic (exact) mass is 302 g/mol. The molecule has 2 aliphatic heterocycles. The number of nitrogens with zero attached hydrogens (tertiary/aromatic N) is 2. The second-order valence-electron chi connectivity index (χ2n) is 7.89. The third kappa shape index (κ3) is 3.31. The van der Waals surface area contributed by atoms with Gasteiger partial charge in [0.05, 0.1) is 6.10 Å². The van der Waals surface area contributed by atoms with Gasteiger partial charge in [-0.1, -0.05) is 32.9 Å². The van der Waals surface area contributed by atoms with E-state index in [2.05, 4.69) is 48.8 Å². The molecule has 2 heterocycles. The minimum absolute atomic E-state index is 0.0955. The van der Waals surface area contributed by atoms with Crippen molar-refractivity contribution in [1.29, 1.82) is 0 Å². The summed E-state index contributed by atoms with van der Waals surface area (Å²) in [6, 6.07) is 6.81. The van der Waals surface area contributed by atoms with Gasteiger partial charge in [-0.15, -0.1) is 0 Å². The van der Waals surface area contributed by atoms with Crippen LogP contribution in [0, 0.1) is 0 Å². The number of β-amino-alcohol motifs (C(OH)–C–C–N with tert-alkyl or cyclic N) is 1. The molecule has 0 amide bonds. The van der Waals surface area contributed by atoms with Crippen molar-refractivity contribution in [1.82, 2.24) is 4.90 Å². The van der Waals surface area contributed by atoms with E-state index in [1.165, 1.54) is 24.1 Å². The fourth-order valence-electron chi connectivity index (χ4n) is 3.94. The topological polar surface area (TPSA) is 26.7 Å². The highest BCUT2D eigenvalue weighted by molar-refractivity contribution is 5.62. The number of hydrogen-bond acceptors (Lipinski definition) is 3. The van der Waals surface area contributed by atoms with Crippen LogP contribution in [0.25, 0.3) is 0 Å². The Morgan fingerprint density at radius 2 is 2.00 bits per heavy atom. The zero-order chi connectivity index (χ0) is 15.7. The molecule has 122 valence electrons. The molecular formula is C19H30N2O. The molecule has 1 saturated heterocycles. The predicted octanol–water partition coefficient (Wildman–Crippen LogP) is 2.80. The number of anilines is 1. The molecule has 1 fully saturated rings. The second-order valence-corrected chi connectivity index (χ2v) is 7.89. The number of likely N-dealkylation sites (tertiary alicyclic amines) is 1. The van der Waals surface area contributed by atoms with E-state index in [1.807, 2.05) is 0 Å². The summed E-state index contributed by atoms with van der Waals surface area (Å²) in [6.07, 6.45) is 3.22. The zero-order valence-corrected chi connectivity index (χ0v) is 14.3. The van der Waals surface area contributed by atoms with E-state index in [0.717, 1.165) is 39.1 Å². The van der Waals surface area contributed by atoms with Gasteiger partial charge in [0.15, 0.2) is 0 Å². The number of benzene rings is 1. The van der Waals surface area contributed by atoms with E-state index in [-0.39, 0.29) is 11.5 Å². The van der Waals surface area contributed by atoms with Crippen LogP contribution in [0.2, 0.25) is 0 Å². The first-order valence-electron chi connectivity index (χ1n) is 8.73. The molecule has 3 heteroatoms. The number of aliphatic hydroxyl groups is 1. The zero-order valence-electron chi connectivity index (χ0n) is 14.3. The largest absolute Gasteiger partial charge is 0.392 e. The molecule has 1 unspecified atom stereocenters. The summed E-state index contributed by atoms with van der Waals surface area (Å²) in [7, 11) is 0. The van der Waals surface area contributed by atoms with Crippen molar-refractivity contribution in [3.63, 3.8) is 0 Å². The maximum absolute atomic E-state index is 9.60. The Morgan fingerprint density at radius 1 is 1.18 bits per heavy atom. The average Bonchev–Trinajstić information content (AvgIpc) is 3.04. The van der Waals surface area contributed by atoms with Gasteiger partial charge in [0.25, 0.3) is 0 Å². The highest BCUT2D eigenvalue weighted by Gasteiger charge is 2.26. The lowest BCUT2D eigenvalue weighted by Gasteiger charge is -2.25. The summed E-state index contributed by atoms with van der Waals surface area (Å²) >= 11 is 0. The van der Waals surface area contributed by atoms with Crippen LogP contribution >= 0.6 is 0 Å². The Kier molecular flexibility index (Phi) is 4.47. The summed E-state index contributed by atoms with van der Waals surface area (Å²) in [5.74, 6) is 0. The lowest BCUT2D eigenvalue weighted by atomic mass is 9.83. The first-order valence-corrected chi connectivity index (χ1v) is 8.73. The van der Waals surface area contributed by atoms with E-state index in [9.17, 15) is 5.11 Å². The van der Waals surface area contributed by atoms with Gasteiger partial charge >= 0.3 is 0 Å². The van der Waals surface area contributed by atoms with E-state index in [1.54, 1.807) is 5.56 Å². The minimum Gasteiger partial charge on any atom is -0.392 e. The Hall–Kier alpha value is -1.06. The van der Waals surface area contributed by atoms with Gasteiger partial charge in [0.2, 0.25) is 0 Å². The first-order chi connectivity index (χ1) is 10.4. The van der Waals surface area contributed by atoms with Crippen LogP contribution in [0.15, 0.2) is 18.2 Å². The molecule has 3 rings (SSSR count). The lowest BCUT2D eigenvalue weighted by Crippen LogP contribution is -2.28. The van der Waals surface area contributed by atoms with Crippen molar-refractivity contribution in [2.24, 2.45) is 0 Å². The van der Waals surface area contributed by atoms with E-state index in [4.69, 9.17) is 0 Å². The molecule has 1 atom stereocenters. The number of hydrogen-bond donors (Lipinski definition) is 1. The van der Waals surface area contributed by atoms with Gasteiger partial charge in [-0.25, -0.2) is 0 Å². The molecule has 1 aromatic rings. The van der Waals surface area contributed by atoms with Crippen LogP contribution in [0.1, 0.15) is 44.7 Å². The highest BCUT2D eigenvalue weighted by Crippen LogP contribution is 2.36. The molecule has 0 saturated carbocycles. The fourth-order valence-corrected chi connectivity index (χ4v) is 3.94. The molecule has 3 nitrogen and oxygen atoms in total. The normalized spacial score (nSPS) is 22.4. The smallest absolute Gasteiger partial charge is 0.0679 e. The molecule has 2 aliphatic rings. The maximum atomic E-state index is 9.60. The van der Waals surface area contributed by atoms with Crippen LogP contribution in [-0.2, 0) is 11.8 Å². The Bertz CT molecular complexity index is 521. The molecule has 0 aromatic heterocycles. The predicted molar refractivity (Wildman–Crippen MR) is 92.7 cm³/mol. The standard InChI is InChI=1S/C19H30N2O/c1-19(2,3)17-6-4-7-18-16(17)9-13-21(18)11-5-10-20-12-8-15(22)14-20/h4,6-7,15,22H,5,8-14H2,1-3H3. The Morgan fingerprint density at radius 3 is 2.68 bits per heavy atom. The van der Waals surface area contributed by atoms with Crippen molar-refractivity contribution < 1.29 is 5.11 Å². The fraction of sp³-hybridized carbons (Fsp3) is 0.684. The van der Waals surface area contributed by atoms with Crippen LogP contribution in [0.5, 0.6) is 0 Å². The third-order valence-corrected chi connectivity index (χ3v) is 5.08. The Labute approximate surface area is 134 Å². The molecular weight excluding hydrogens is 272 g/mol. The number of aliphatic hydroxyl groups excluding tert-OH is 1. The van der Waals surface area contributed by atoms with E-state index in [0.29, 0.717) is 0 Å². The summed E-state index contributed by atoms with van der Waals surface area (Å²) in [4.78, 5) is 4.95. The summed E-state index contributed by atoms with van der Waals surface area (Å²) in [5, 5.41) is 9.60. The molecule has 1 aromatic carbocycles. The van der Waals surface area contributed by atoms with Gasteiger partial charge in [0, 0.05) is 31.9 Å². The average molecular weight is 302 g/mol. The molecule has 0 spiro atoms. The molecule has 0 radical (unpaired) electrons. The minimum atomic E-state index is -0.0955.